The second-order valence-corrected chi connectivity index (χ2v) is 4.69. The lowest BCUT2D eigenvalue weighted by atomic mass is 10.1. The fourth-order valence-corrected chi connectivity index (χ4v) is 1.69. The molecule has 0 saturated heterocycles. The number of nitro groups is 1. The maximum atomic E-state index is 11.7. The standard InChI is InChI=1S/C15H20N2O6.2CH4/c1-3-4-9-22-23-11-16-14(15(18)21-2)10-12-5-7-13(8-6-12)17(19)20;;/h5-8,11,14H,3-4,9-10H2,1-2H3;2*1H4/t14-;;/m0../s1. The third-order valence-electron chi connectivity index (χ3n) is 2.98. The van der Waals surface area contributed by atoms with Crippen LogP contribution in [-0.4, -0.2) is 37.1 Å². The Hall–Kier alpha value is -2.48. The molecule has 1 atom stereocenters. The Kier molecular flexibility index (Phi) is 13.8. The van der Waals surface area contributed by atoms with Gasteiger partial charge in [0.15, 0.2) is 6.04 Å². The Morgan fingerprint density at radius 3 is 2.48 bits per heavy atom. The van der Waals surface area contributed by atoms with E-state index in [9.17, 15) is 14.9 Å². The number of benzene rings is 1. The summed E-state index contributed by atoms with van der Waals surface area (Å²) < 4.78 is 4.68. The van der Waals surface area contributed by atoms with Crippen molar-refractivity contribution in [3.05, 3.63) is 39.9 Å². The van der Waals surface area contributed by atoms with E-state index in [1.165, 1.54) is 19.2 Å². The predicted octanol–water partition coefficient (Wildman–Crippen LogP) is 3.73. The van der Waals surface area contributed by atoms with Crippen molar-refractivity contribution in [1.29, 1.82) is 0 Å². The van der Waals surface area contributed by atoms with Gasteiger partial charge in [0.2, 0.25) is 6.40 Å². The molecule has 8 heteroatoms. The van der Waals surface area contributed by atoms with Crippen molar-refractivity contribution in [3.8, 4) is 0 Å². The quantitative estimate of drug-likeness (QED) is 0.120. The number of rotatable bonds is 10. The summed E-state index contributed by atoms with van der Waals surface area (Å²) >= 11 is 0. The van der Waals surface area contributed by atoms with Gasteiger partial charge in [0.1, 0.15) is 0 Å². The molecule has 0 N–H and O–H groups in total. The topological polar surface area (TPSA) is 100 Å². The van der Waals surface area contributed by atoms with Crippen LogP contribution in [-0.2, 0) is 25.7 Å². The number of aliphatic imine (C=N–C) groups is 1. The second-order valence-electron chi connectivity index (χ2n) is 4.69. The van der Waals surface area contributed by atoms with E-state index in [1.807, 2.05) is 6.92 Å². The summed E-state index contributed by atoms with van der Waals surface area (Å²) in [6.07, 6.45) is 3.13. The van der Waals surface area contributed by atoms with Crippen LogP contribution < -0.4 is 0 Å². The third-order valence-corrected chi connectivity index (χ3v) is 2.98. The highest BCUT2D eigenvalue weighted by molar-refractivity contribution is 5.77. The van der Waals surface area contributed by atoms with Gasteiger partial charge in [-0.05, 0) is 12.0 Å². The van der Waals surface area contributed by atoms with Gasteiger partial charge in [-0.3, -0.25) is 10.1 Å². The molecule has 1 aromatic rings. The van der Waals surface area contributed by atoms with E-state index in [-0.39, 0.29) is 27.0 Å². The van der Waals surface area contributed by atoms with Crippen molar-refractivity contribution in [1.82, 2.24) is 0 Å². The molecule has 0 aliphatic rings. The van der Waals surface area contributed by atoms with Crippen LogP contribution in [0.4, 0.5) is 5.69 Å². The van der Waals surface area contributed by atoms with Crippen LogP contribution in [0.1, 0.15) is 40.2 Å². The van der Waals surface area contributed by atoms with E-state index in [2.05, 4.69) is 9.73 Å². The lowest BCUT2D eigenvalue weighted by Gasteiger charge is -2.09. The number of non-ortho nitro benzene ring substituents is 1. The molecule has 0 amide bonds. The number of hydrogen-bond donors (Lipinski definition) is 0. The molecule has 0 fully saturated rings. The molecule has 0 heterocycles. The van der Waals surface area contributed by atoms with Crippen LogP contribution in [0.25, 0.3) is 0 Å². The number of unbranched alkanes of at least 4 members (excludes halogenated alkanes) is 1. The SMILES string of the molecule is C.C.CCCCOOC=N[C@@H](Cc1ccc([N+](=O)[O-])cc1)C(=O)OC. The number of hydrogen-bond acceptors (Lipinski definition) is 7. The van der Waals surface area contributed by atoms with Gasteiger partial charge in [-0.25, -0.2) is 9.79 Å². The van der Waals surface area contributed by atoms with Gasteiger partial charge in [-0.2, -0.15) is 4.89 Å². The first-order valence-electron chi connectivity index (χ1n) is 7.19. The van der Waals surface area contributed by atoms with Gasteiger partial charge in [0.05, 0.1) is 18.6 Å². The largest absolute Gasteiger partial charge is 0.467 e. The molecular weight excluding hydrogens is 328 g/mol. The zero-order valence-electron chi connectivity index (χ0n) is 13.1. The highest BCUT2D eigenvalue weighted by atomic mass is 17.2. The van der Waals surface area contributed by atoms with E-state index >= 15 is 0 Å². The van der Waals surface area contributed by atoms with E-state index in [0.717, 1.165) is 24.8 Å². The molecule has 0 unspecified atom stereocenters. The number of carbonyl (C=O) groups excluding carboxylic acids is 1. The molecule has 0 aliphatic carbocycles. The zero-order valence-corrected chi connectivity index (χ0v) is 13.1. The molecular formula is C17H28N2O6. The van der Waals surface area contributed by atoms with Crippen LogP contribution >= 0.6 is 0 Å². The van der Waals surface area contributed by atoms with E-state index in [4.69, 9.17) is 9.78 Å². The van der Waals surface area contributed by atoms with Crippen LogP contribution in [0.15, 0.2) is 29.3 Å². The highest BCUT2D eigenvalue weighted by Gasteiger charge is 2.18. The summed E-state index contributed by atoms with van der Waals surface area (Å²) in [6.45, 7) is 2.46. The molecule has 8 nitrogen and oxygen atoms in total. The smallest absolute Gasteiger partial charge is 0.331 e. The van der Waals surface area contributed by atoms with E-state index in [0.29, 0.717) is 6.61 Å². The molecule has 0 saturated carbocycles. The van der Waals surface area contributed by atoms with Gasteiger partial charge in [0.25, 0.3) is 5.69 Å². The molecule has 1 aromatic carbocycles. The minimum atomic E-state index is -0.809. The Bertz CT molecular complexity index is 530. The van der Waals surface area contributed by atoms with Gasteiger partial charge in [-0.1, -0.05) is 40.3 Å². The van der Waals surface area contributed by atoms with Crippen molar-refractivity contribution in [2.45, 2.75) is 47.1 Å². The van der Waals surface area contributed by atoms with Crippen LogP contribution in [0, 0.1) is 10.1 Å². The molecule has 1 rings (SSSR count). The summed E-state index contributed by atoms with van der Waals surface area (Å²) in [6, 6.07) is 5.08. The number of esters is 1. The Morgan fingerprint density at radius 1 is 1.32 bits per heavy atom. The number of nitrogens with zero attached hydrogens (tertiary/aromatic N) is 2. The van der Waals surface area contributed by atoms with E-state index < -0.39 is 16.9 Å². The van der Waals surface area contributed by atoms with Crippen LogP contribution in [0.5, 0.6) is 0 Å². The molecule has 25 heavy (non-hydrogen) atoms. The van der Waals surface area contributed by atoms with Crippen molar-refractivity contribution in [3.63, 3.8) is 0 Å². The molecule has 0 bridgehead atoms. The number of ether oxygens (including phenoxy) is 1. The first-order chi connectivity index (χ1) is 11.1. The van der Waals surface area contributed by atoms with Crippen molar-refractivity contribution < 1.29 is 24.2 Å². The fourth-order valence-electron chi connectivity index (χ4n) is 1.69. The average molecular weight is 356 g/mol. The van der Waals surface area contributed by atoms with E-state index in [1.54, 1.807) is 12.1 Å². The summed E-state index contributed by atoms with van der Waals surface area (Å²) in [5, 5.41) is 10.6. The molecule has 0 spiro atoms. The monoisotopic (exact) mass is 356 g/mol. The van der Waals surface area contributed by atoms with Crippen molar-refractivity contribution in [2.75, 3.05) is 13.7 Å². The first-order valence-corrected chi connectivity index (χ1v) is 7.19. The minimum Gasteiger partial charge on any atom is -0.467 e. The number of nitro benzene ring substituents is 1. The third kappa shape index (κ3) is 9.41. The molecule has 0 aromatic heterocycles. The lowest BCUT2D eigenvalue weighted by molar-refractivity contribution is -0.384. The molecule has 0 aliphatic heterocycles. The summed E-state index contributed by atoms with van der Waals surface area (Å²) in [7, 11) is 1.26. The normalized spacial score (nSPS) is 11.1. The van der Waals surface area contributed by atoms with Crippen LogP contribution in [0.3, 0.4) is 0 Å². The fraction of sp³-hybridized carbons (Fsp3) is 0.529. The van der Waals surface area contributed by atoms with Crippen LogP contribution in [0.2, 0.25) is 0 Å². The summed E-state index contributed by atoms with van der Waals surface area (Å²) in [5.41, 5.74) is 0.703. The molecule has 142 valence electrons. The first kappa shape index (κ1) is 24.8. The summed E-state index contributed by atoms with van der Waals surface area (Å²) in [4.78, 5) is 35.4. The second kappa shape index (κ2) is 13.9. The molecule has 0 radical (unpaired) electrons. The lowest BCUT2D eigenvalue weighted by Crippen LogP contribution is -2.23. The minimum absolute atomic E-state index is 0. The van der Waals surface area contributed by atoms with Crippen molar-refractivity contribution >= 4 is 18.1 Å². The zero-order chi connectivity index (χ0) is 17.1. The average Bonchev–Trinajstić information content (AvgIpc) is 2.56. The number of carbonyl (C=O) groups is 1. The Balaban J connectivity index is 0. The van der Waals surface area contributed by atoms with Gasteiger partial charge in [-0.15, -0.1) is 0 Å². The van der Waals surface area contributed by atoms with Gasteiger partial charge < -0.3 is 9.62 Å². The van der Waals surface area contributed by atoms with Gasteiger partial charge in [0, 0.05) is 18.6 Å². The maximum absolute atomic E-state index is 11.7. The van der Waals surface area contributed by atoms with Crippen molar-refractivity contribution in [2.24, 2.45) is 4.99 Å². The Morgan fingerprint density at radius 2 is 1.96 bits per heavy atom. The van der Waals surface area contributed by atoms with Gasteiger partial charge >= 0.3 is 5.97 Å². The Labute approximate surface area is 148 Å². The predicted molar refractivity (Wildman–Crippen MR) is 96.5 cm³/mol. The maximum Gasteiger partial charge on any atom is 0.331 e. The highest BCUT2D eigenvalue weighted by Crippen LogP contribution is 2.14. The summed E-state index contributed by atoms with van der Waals surface area (Å²) in [5.74, 6) is -0.531. The number of methoxy groups -OCH3 is 1.